The van der Waals surface area contributed by atoms with Crippen LogP contribution >= 0.6 is 15.9 Å². The molecule has 3 nitrogen and oxygen atoms in total. The van der Waals surface area contributed by atoms with E-state index in [-0.39, 0.29) is 0 Å². The average molecular weight is 334 g/mol. The summed E-state index contributed by atoms with van der Waals surface area (Å²) in [5.41, 5.74) is 2.37. The van der Waals surface area contributed by atoms with Crippen molar-refractivity contribution in [2.24, 2.45) is 0 Å². The molecule has 0 aliphatic carbocycles. The van der Waals surface area contributed by atoms with Crippen molar-refractivity contribution in [2.45, 2.75) is 19.9 Å². The summed E-state index contributed by atoms with van der Waals surface area (Å²) in [6.45, 7) is 9.00. The third-order valence-electron chi connectivity index (χ3n) is 4.07. The molecule has 1 aliphatic rings. The number of benzene rings is 1. The van der Waals surface area contributed by atoms with Crippen LogP contribution in [0.5, 0.6) is 0 Å². The number of aromatic nitrogens is 1. The second kappa shape index (κ2) is 5.70. The Bertz CT molecular complexity index is 604. The molecule has 106 valence electrons. The zero-order valence-electron chi connectivity index (χ0n) is 12.0. The summed E-state index contributed by atoms with van der Waals surface area (Å²) < 4.78 is 1.08. The van der Waals surface area contributed by atoms with Gasteiger partial charge in [-0.3, -0.25) is 9.88 Å². The summed E-state index contributed by atoms with van der Waals surface area (Å²) in [5.74, 6) is 0. The molecule has 3 rings (SSSR count). The van der Waals surface area contributed by atoms with Gasteiger partial charge in [-0.15, -0.1) is 0 Å². The van der Waals surface area contributed by atoms with Crippen molar-refractivity contribution in [3.8, 4) is 0 Å². The minimum absolute atomic E-state index is 0.641. The maximum atomic E-state index is 4.47. The van der Waals surface area contributed by atoms with Gasteiger partial charge in [-0.25, -0.2) is 0 Å². The van der Waals surface area contributed by atoms with Crippen molar-refractivity contribution in [1.82, 2.24) is 9.88 Å². The molecule has 4 heteroatoms. The van der Waals surface area contributed by atoms with E-state index >= 15 is 0 Å². The van der Waals surface area contributed by atoms with Crippen molar-refractivity contribution in [1.29, 1.82) is 0 Å². The minimum Gasteiger partial charge on any atom is -0.368 e. The topological polar surface area (TPSA) is 19.4 Å². The first-order valence-electron chi connectivity index (χ1n) is 7.18. The zero-order valence-corrected chi connectivity index (χ0v) is 13.6. The summed E-state index contributed by atoms with van der Waals surface area (Å²) >= 11 is 3.52. The normalized spacial score (nSPS) is 17.1. The summed E-state index contributed by atoms with van der Waals surface area (Å²) in [6, 6.07) is 9.13. The smallest absolute Gasteiger partial charge is 0.0734 e. The predicted octanol–water partition coefficient (Wildman–Crippen LogP) is 3.53. The van der Waals surface area contributed by atoms with Gasteiger partial charge < -0.3 is 4.90 Å². The molecule has 0 saturated carbocycles. The van der Waals surface area contributed by atoms with E-state index in [1.54, 1.807) is 0 Å². The number of nitrogens with zero attached hydrogens (tertiary/aromatic N) is 3. The summed E-state index contributed by atoms with van der Waals surface area (Å²) in [5, 5.41) is 1.24. The molecule has 20 heavy (non-hydrogen) atoms. The molecule has 2 aromatic rings. The largest absolute Gasteiger partial charge is 0.368 e. The quantitative estimate of drug-likeness (QED) is 0.838. The highest BCUT2D eigenvalue weighted by molar-refractivity contribution is 9.10. The molecule has 1 fully saturated rings. The zero-order chi connectivity index (χ0) is 14.1. The molecule has 1 aromatic carbocycles. The monoisotopic (exact) mass is 333 g/mol. The number of hydrogen-bond donors (Lipinski definition) is 0. The molecule has 1 saturated heterocycles. The fourth-order valence-electron chi connectivity index (χ4n) is 2.86. The van der Waals surface area contributed by atoms with Crippen LogP contribution in [-0.4, -0.2) is 42.1 Å². The summed E-state index contributed by atoms with van der Waals surface area (Å²) in [7, 11) is 0. The number of fused-ring (bicyclic) bond motifs is 1. The van der Waals surface area contributed by atoms with Crippen molar-refractivity contribution >= 4 is 32.5 Å². The van der Waals surface area contributed by atoms with E-state index in [0.29, 0.717) is 6.04 Å². The number of hydrogen-bond acceptors (Lipinski definition) is 3. The Labute approximate surface area is 128 Å². The lowest BCUT2D eigenvalue weighted by Crippen LogP contribution is -2.48. The lowest BCUT2D eigenvalue weighted by atomic mass is 10.1. The molecular formula is C16H20BrN3. The van der Waals surface area contributed by atoms with Crippen molar-refractivity contribution < 1.29 is 0 Å². The fraction of sp³-hybridized carbons (Fsp3) is 0.438. The molecule has 0 unspecified atom stereocenters. The van der Waals surface area contributed by atoms with Crippen LogP contribution in [0.15, 0.2) is 34.9 Å². The van der Waals surface area contributed by atoms with E-state index in [9.17, 15) is 0 Å². The van der Waals surface area contributed by atoms with Crippen LogP contribution in [0.25, 0.3) is 10.9 Å². The Morgan fingerprint density at radius 2 is 1.85 bits per heavy atom. The maximum absolute atomic E-state index is 4.47. The van der Waals surface area contributed by atoms with Crippen LogP contribution < -0.4 is 4.90 Å². The van der Waals surface area contributed by atoms with Crippen molar-refractivity contribution in [3.05, 3.63) is 34.9 Å². The molecule has 0 atom stereocenters. The Morgan fingerprint density at radius 1 is 1.10 bits per heavy atom. The van der Waals surface area contributed by atoms with Crippen LogP contribution in [0.1, 0.15) is 13.8 Å². The van der Waals surface area contributed by atoms with Gasteiger partial charge in [0.1, 0.15) is 0 Å². The van der Waals surface area contributed by atoms with Gasteiger partial charge in [0, 0.05) is 54.0 Å². The lowest BCUT2D eigenvalue weighted by Gasteiger charge is -2.38. The SMILES string of the molecule is CC(C)N1CCN(c2ccnc3cc(Br)ccc23)CC1. The molecule has 0 amide bonds. The molecule has 1 aliphatic heterocycles. The van der Waals surface area contributed by atoms with E-state index in [2.05, 4.69) is 68.8 Å². The molecule has 0 N–H and O–H groups in total. The third-order valence-corrected chi connectivity index (χ3v) is 4.56. The summed E-state index contributed by atoms with van der Waals surface area (Å²) in [6.07, 6.45) is 1.92. The van der Waals surface area contributed by atoms with Crippen molar-refractivity contribution in [2.75, 3.05) is 31.1 Å². The van der Waals surface area contributed by atoms with Gasteiger partial charge in [-0.05, 0) is 38.1 Å². The van der Waals surface area contributed by atoms with Gasteiger partial charge in [0.25, 0.3) is 0 Å². The number of anilines is 1. The van der Waals surface area contributed by atoms with Crippen LogP contribution in [0.3, 0.4) is 0 Å². The Morgan fingerprint density at radius 3 is 2.55 bits per heavy atom. The van der Waals surface area contributed by atoms with E-state index in [4.69, 9.17) is 0 Å². The fourth-order valence-corrected chi connectivity index (χ4v) is 3.21. The van der Waals surface area contributed by atoms with Gasteiger partial charge >= 0.3 is 0 Å². The molecule has 0 radical (unpaired) electrons. The highest BCUT2D eigenvalue weighted by atomic mass is 79.9. The van der Waals surface area contributed by atoms with E-state index in [1.165, 1.54) is 11.1 Å². The highest BCUT2D eigenvalue weighted by Gasteiger charge is 2.20. The second-order valence-electron chi connectivity index (χ2n) is 5.61. The van der Waals surface area contributed by atoms with Gasteiger partial charge in [0.05, 0.1) is 5.52 Å². The molecule has 0 spiro atoms. The standard InChI is InChI=1S/C16H20BrN3/c1-12(2)19-7-9-20(10-8-19)16-5-6-18-15-11-13(17)3-4-14(15)16/h3-6,11-12H,7-10H2,1-2H3. The van der Waals surface area contributed by atoms with Gasteiger partial charge in [-0.1, -0.05) is 15.9 Å². The molecular weight excluding hydrogens is 314 g/mol. The average Bonchev–Trinajstić information content (AvgIpc) is 2.46. The third kappa shape index (κ3) is 2.67. The van der Waals surface area contributed by atoms with Crippen LogP contribution in [0.4, 0.5) is 5.69 Å². The van der Waals surface area contributed by atoms with Gasteiger partial charge in [-0.2, -0.15) is 0 Å². The Hall–Kier alpha value is -1.13. The maximum Gasteiger partial charge on any atom is 0.0734 e. The van der Waals surface area contributed by atoms with E-state index in [1.807, 2.05) is 6.20 Å². The van der Waals surface area contributed by atoms with E-state index in [0.717, 1.165) is 36.2 Å². The number of piperazine rings is 1. The highest BCUT2D eigenvalue weighted by Crippen LogP contribution is 2.28. The second-order valence-corrected chi connectivity index (χ2v) is 6.52. The van der Waals surface area contributed by atoms with Gasteiger partial charge in [0.2, 0.25) is 0 Å². The molecule has 0 bridgehead atoms. The van der Waals surface area contributed by atoms with Crippen LogP contribution in [0.2, 0.25) is 0 Å². The van der Waals surface area contributed by atoms with Crippen molar-refractivity contribution in [3.63, 3.8) is 0 Å². The first kappa shape index (κ1) is 13.8. The first-order valence-corrected chi connectivity index (χ1v) is 7.98. The number of rotatable bonds is 2. The lowest BCUT2D eigenvalue weighted by molar-refractivity contribution is 0.209. The predicted molar refractivity (Wildman–Crippen MR) is 88.4 cm³/mol. The van der Waals surface area contributed by atoms with Gasteiger partial charge in [0.15, 0.2) is 0 Å². The summed E-state index contributed by atoms with van der Waals surface area (Å²) in [4.78, 5) is 9.49. The van der Waals surface area contributed by atoms with Crippen LogP contribution in [0, 0.1) is 0 Å². The Kier molecular flexibility index (Phi) is 3.94. The molecule has 1 aromatic heterocycles. The first-order chi connectivity index (χ1) is 9.65. The number of pyridine rings is 1. The Balaban J connectivity index is 1.88. The minimum atomic E-state index is 0.641. The van der Waals surface area contributed by atoms with Crippen LogP contribution in [-0.2, 0) is 0 Å². The number of halogens is 1. The molecule has 2 heterocycles. The van der Waals surface area contributed by atoms with E-state index < -0.39 is 0 Å².